The van der Waals surface area contributed by atoms with Crippen LogP contribution in [0.25, 0.3) is 0 Å². The summed E-state index contributed by atoms with van der Waals surface area (Å²) in [4.78, 5) is 72.6. The second kappa shape index (κ2) is 65.8. The minimum Gasteiger partial charge on any atom is -0.462 e. The van der Waals surface area contributed by atoms with Crippen molar-refractivity contribution < 1.29 is 80.2 Å². The van der Waals surface area contributed by atoms with Crippen molar-refractivity contribution in [2.24, 2.45) is 5.92 Å². The number of aliphatic hydroxyl groups excluding tert-OH is 1. The van der Waals surface area contributed by atoms with E-state index < -0.39 is 97.5 Å². The Labute approximate surface area is 561 Å². The summed E-state index contributed by atoms with van der Waals surface area (Å²) in [6.45, 7) is 7.14. The van der Waals surface area contributed by atoms with Crippen LogP contribution in [0.1, 0.15) is 356 Å². The lowest BCUT2D eigenvalue weighted by molar-refractivity contribution is -0.161. The first kappa shape index (κ1) is 89.5. The zero-order valence-electron chi connectivity index (χ0n) is 59.2. The van der Waals surface area contributed by atoms with Gasteiger partial charge >= 0.3 is 39.5 Å². The molecular formula is C73H138O17P2. The predicted molar refractivity (Wildman–Crippen MR) is 372 cm³/mol. The van der Waals surface area contributed by atoms with Crippen molar-refractivity contribution in [3.8, 4) is 0 Å². The van der Waals surface area contributed by atoms with Gasteiger partial charge in [-0.15, -0.1) is 0 Å². The predicted octanol–water partition coefficient (Wildman–Crippen LogP) is 20.9. The Balaban J connectivity index is 5.26. The van der Waals surface area contributed by atoms with Gasteiger partial charge in [-0.05, 0) is 57.3 Å². The van der Waals surface area contributed by atoms with Crippen molar-refractivity contribution in [1.82, 2.24) is 0 Å². The molecule has 0 spiro atoms. The average molecular weight is 1350 g/mol. The molecule has 92 heavy (non-hydrogen) atoms. The van der Waals surface area contributed by atoms with Crippen molar-refractivity contribution in [3.05, 3.63) is 24.3 Å². The molecule has 0 aliphatic rings. The van der Waals surface area contributed by atoms with Crippen molar-refractivity contribution in [2.45, 2.75) is 374 Å². The van der Waals surface area contributed by atoms with E-state index in [-0.39, 0.29) is 25.7 Å². The molecule has 0 aromatic heterocycles. The maximum atomic E-state index is 13.0. The quantitative estimate of drug-likeness (QED) is 0.0169. The highest BCUT2D eigenvalue weighted by atomic mass is 31.2. The molecule has 5 atom stereocenters. The molecule has 2 unspecified atom stereocenters. The van der Waals surface area contributed by atoms with Crippen LogP contribution in [0, 0.1) is 5.92 Å². The van der Waals surface area contributed by atoms with Gasteiger partial charge < -0.3 is 33.8 Å². The van der Waals surface area contributed by atoms with Crippen molar-refractivity contribution >= 4 is 39.5 Å². The monoisotopic (exact) mass is 1350 g/mol. The van der Waals surface area contributed by atoms with Crippen LogP contribution in [0.15, 0.2) is 24.3 Å². The van der Waals surface area contributed by atoms with E-state index in [1.54, 1.807) is 0 Å². The molecule has 0 bridgehead atoms. The fourth-order valence-electron chi connectivity index (χ4n) is 10.6. The fraction of sp³-hybridized carbons (Fsp3) is 0.890. The van der Waals surface area contributed by atoms with Crippen molar-refractivity contribution in [3.63, 3.8) is 0 Å². The Kier molecular flexibility index (Phi) is 64.0. The van der Waals surface area contributed by atoms with E-state index in [2.05, 4.69) is 58.9 Å². The van der Waals surface area contributed by atoms with Crippen LogP contribution in [-0.4, -0.2) is 96.7 Å². The van der Waals surface area contributed by atoms with E-state index in [9.17, 15) is 43.2 Å². The zero-order valence-corrected chi connectivity index (χ0v) is 61.0. The van der Waals surface area contributed by atoms with Gasteiger partial charge in [0.15, 0.2) is 12.2 Å². The van der Waals surface area contributed by atoms with E-state index in [0.29, 0.717) is 25.7 Å². The van der Waals surface area contributed by atoms with E-state index in [0.717, 1.165) is 115 Å². The maximum Gasteiger partial charge on any atom is 0.472 e. The molecule has 0 aliphatic carbocycles. The van der Waals surface area contributed by atoms with E-state index in [1.807, 2.05) is 0 Å². The lowest BCUT2D eigenvalue weighted by atomic mass is 10.0. The van der Waals surface area contributed by atoms with Gasteiger partial charge in [-0.25, -0.2) is 9.13 Å². The van der Waals surface area contributed by atoms with Crippen LogP contribution in [-0.2, 0) is 65.4 Å². The summed E-state index contributed by atoms with van der Waals surface area (Å²) in [7, 11) is -9.91. The number of rotatable bonds is 71. The molecule has 0 radical (unpaired) electrons. The lowest BCUT2D eigenvalue weighted by Gasteiger charge is -2.21. The second-order valence-electron chi connectivity index (χ2n) is 26.1. The SMILES string of the molecule is CCCCCC/C=C\C=C/CCCCCCCC(=O)OC[C@H](COP(=O)(O)OC[C@@H](O)COP(=O)(O)OC[C@@H](COC(=O)CCCCCCCCCCC)OC(=O)CCCCCCCCCCC(C)C)OC(=O)CCCCCCCCCCCCCCCCCCC. The first-order valence-electron chi connectivity index (χ1n) is 37.5. The van der Waals surface area contributed by atoms with E-state index in [1.165, 1.54) is 161 Å². The van der Waals surface area contributed by atoms with Crippen molar-refractivity contribution in [2.75, 3.05) is 39.6 Å². The Morgan fingerprint density at radius 1 is 0.337 bits per heavy atom. The van der Waals surface area contributed by atoms with Crippen LogP contribution in [0.5, 0.6) is 0 Å². The van der Waals surface area contributed by atoms with Gasteiger partial charge in [0.25, 0.3) is 0 Å². The average Bonchev–Trinajstić information content (AvgIpc) is 2.04. The highest BCUT2D eigenvalue weighted by molar-refractivity contribution is 7.47. The summed E-state index contributed by atoms with van der Waals surface area (Å²) < 4.78 is 68.3. The summed E-state index contributed by atoms with van der Waals surface area (Å²) in [6.07, 6.45) is 56.3. The number of phosphoric ester groups is 2. The minimum absolute atomic E-state index is 0.102. The molecule has 0 aromatic rings. The van der Waals surface area contributed by atoms with Gasteiger partial charge in [0, 0.05) is 25.7 Å². The Hall–Kier alpha value is -2.46. The zero-order chi connectivity index (χ0) is 67.7. The molecule has 0 amide bonds. The molecule has 19 heteroatoms. The summed E-state index contributed by atoms with van der Waals surface area (Å²) in [5, 5.41) is 10.6. The highest BCUT2D eigenvalue weighted by Crippen LogP contribution is 2.45. The molecule has 0 heterocycles. The Bertz CT molecular complexity index is 1860. The summed E-state index contributed by atoms with van der Waals surface area (Å²) in [6, 6.07) is 0. The minimum atomic E-state index is -4.96. The summed E-state index contributed by atoms with van der Waals surface area (Å²) in [5.41, 5.74) is 0. The van der Waals surface area contributed by atoms with Crippen LogP contribution in [0.2, 0.25) is 0 Å². The summed E-state index contributed by atoms with van der Waals surface area (Å²) >= 11 is 0. The topological polar surface area (TPSA) is 237 Å². The third kappa shape index (κ3) is 66.2. The largest absolute Gasteiger partial charge is 0.472 e. The van der Waals surface area contributed by atoms with Gasteiger partial charge in [-0.3, -0.25) is 37.3 Å². The van der Waals surface area contributed by atoms with Crippen LogP contribution < -0.4 is 0 Å². The number of allylic oxidation sites excluding steroid dienone is 4. The van der Waals surface area contributed by atoms with E-state index in [4.69, 9.17) is 37.0 Å². The first-order chi connectivity index (χ1) is 44.5. The lowest BCUT2D eigenvalue weighted by Crippen LogP contribution is -2.30. The Morgan fingerprint density at radius 3 is 0.891 bits per heavy atom. The molecule has 0 saturated heterocycles. The molecule has 542 valence electrons. The smallest absolute Gasteiger partial charge is 0.462 e. The van der Waals surface area contributed by atoms with Crippen LogP contribution >= 0.6 is 15.6 Å². The van der Waals surface area contributed by atoms with Gasteiger partial charge in [0.2, 0.25) is 0 Å². The number of hydrogen-bond acceptors (Lipinski definition) is 15. The molecule has 0 aromatic carbocycles. The van der Waals surface area contributed by atoms with Gasteiger partial charge in [0.1, 0.15) is 19.3 Å². The number of carbonyl (C=O) groups excluding carboxylic acids is 4. The number of carbonyl (C=O) groups is 4. The second-order valence-corrected chi connectivity index (χ2v) is 29.0. The number of hydrogen-bond donors (Lipinski definition) is 3. The fourth-order valence-corrected chi connectivity index (χ4v) is 12.2. The number of ether oxygens (including phenoxy) is 4. The number of aliphatic hydroxyl groups is 1. The Morgan fingerprint density at radius 2 is 0.587 bits per heavy atom. The first-order valence-corrected chi connectivity index (χ1v) is 40.4. The molecular weight excluding hydrogens is 1210 g/mol. The third-order valence-electron chi connectivity index (χ3n) is 16.4. The molecule has 0 aliphatic heterocycles. The highest BCUT2D eigenvalue weighted by Gasteiger charge is 2.30. The molecule has 0 fully saturated rings. The van der Waals surface area contributed by atoms with Gasteiger partial charge in [-0.1, -0.05) is 303 Å². The molecule has 0 saturated carbocycles. The standard InChI is InChI=1S/C73H138O17P2/c1-6-9-12-15-18-21-23-25-27-28-30-32-34-37-43-48-53-58-72(77)89-68(63-84-71(76)57-52-47-42-36-33-31-29-26-24-22-19-16-13-10-7-2)64-87-91(79,80)85-60-67(74)61-86-92(81,82)88-65-69(62-83-70(75)56-51-46-41-35-20-17-14-11-8-3)90-73(78)59-54-49-44-39-38-40-45-50-55-66(4)5/h22,24,26,29,66-69,74H,6-21,23,25,27-28,30-65H2,1-5H3,(H,79,80)(H,81,82)/b24-22-,29-26-/t67-,68-,69-/m1/s1. The van der Waals surface area contributed by atoms with E-state index >= 15 is 0 Å². The van der Waals surface area contributed by atoms with Crippen molar-refractivity contribution in [1.29, 1.82) is 0 Å². The number of phosphoric acid groups is 2. The maximum absolute atomic E-state index is 13.0. The van der Waals surface area contributed by atoms with Crippen LogP contribution in [0.4, 0.5) is 0 Å². The van der Waals surface area contributed by atoms with Gasteiger partial charge in [-0.2, -0.15) is 0 Å². The molecule has 17 nitrogen and oxygen atoms in total. The third-order valence-corrected chi connectivity index (χ3v) is 18.3. The summed E-state index contributed by atoms with van der Waals surface area (Å²) in [5.74, 6) is -1.43. The number of unbranched alkanes of at least 4 members (excludes halogenated alkanes) is 40. The van der Waals surface area contributed by atoms with Gasteiger partial charge in [0.05, 0.1) is 26.4 Å². The molecule has 3 N–H and O–H groups in total. The molecule has 0 rings (SSSR count). The van der Waals surface area contributed by atoms with Crippen LogP contribution in [0.3, 0.4) is 0 Å². The number of esters is 4. The normalized spacial score (nSPS) is 14.2.